The lowest BCUT2D eigenvalue weighted by Crippen LogP contribution is -2.42. The molecule has 0 aliphatic rings. The molecular formula is C13H17ClN2O4. The second-order valence-electron chi connectivity index (χ2n) is 5.05. The van der Waals surface area contributed by atoms with Crippen molar-refractivity contribution >= 4 is 23.2 Å². The molecule has 0 saturated carbocycles. The number of hydrogen-bond donors (Lipinski definition) is 1. The van der Waals surface area contributed by atoms with Gasteiger partial charge < -0.3 is 10.0 Å². The van der Waals surface area contributed by atoms with Crippen LogP contribution in [0.5, 0.6) is 0 Å². The van der Waals surface area contributed by atoms with E-state index >= 15 is 0 Å². The first-order valence-electron chi connectivity index (χ1n) is 6.11. The number of carbonyl (C=O) groups is 1. The SMILES string of the molecule is CCN(CC(C)(C)O)C(=O)c1ccc(Cl)cc1[N+](=O)[O-]. The average molecular weight is 301 g/mol. The van der Waals surface area contributed by atoms with Crippen LogP contribution in [0.4, 0.5) is 5.69 Å². The van der Waals surface area contributed by atoms with Crippen molar-refractivity contribution in [1.82, 2.24) is 4.90 Å². The Morgan fingerprint density at radius 2 is 2.10 bits per heavy atom. The molecule has 0 bridgehead atoms. The third-order valence-corrected chi connectivity index (χ3v) is 2.87. The van der Waals surface area contributed by atoms with E-state index in [2.05, 4.69) is 0 Å². The topological polar surface area (TPSA) is 83.7 Å². The van der Waals surface area contributed by atoms with Gasteiger partial charge in [-0.25, -0.2) is 0 Å². The maximum atomic E-state index is 12.4. The van der Waals surface area contributed by atoms with Crippen molar-refractivity contribution in [2.24, 2.45) is 0 Å². The lowest BCUT2D eigenvalue weighted by molar-refractivity contribution is -0.385. The highest BCUT2D eigenvalue weighted by molar-refractivity contribution is 6.31. The smallest absolute Gasteiger partial charge is 0.283 e. The molecule has 0 radical (unpaired) electrons. The minimum Gasteiger partial charge on any atom is -0.389 e. The zero-order chi connectivity index (χ0) is 15.5. The van der Waals surface area contributed by atoms with Crippen LogP contribution in [0.3, 0.4) is 0 Å². The van der Waals surface area contributed by atoms with Crippen molar-refractivity contribution in [2.75, 3.05) is 13.1 Å². The van der Waals surface area contributed by atoms with E-state index in [4.69, 9.17) is 11.6 Å². The summed E-state index contributed by atoms with van der Waals surface area (Å²) in [4.78, 5) is 24.1. The molecule has 1 amide bonds. The van der Waals surface area contributed by atoms with E-state index in [0.717, 1.165) is 6.07 Å². The first kappa shape index (κ1) is 16.4. The normalized spacial score (nSPS) is 11.2. The van der Waals surface area contributed by atoms with E-state index < -0.39 is 16.4 Å². The Bertz CT molecular complexity index is 526. The summed E-state index contributed by atoms with van der Waals surface area (Å²) in [6.07, 6.45) is 0. The molecule has 20 heavy (non-hydrogen) atoms. The highest BCUT2D eigenvalue weighted by Crippen LogP contribution is 2.25. The number of carbonyl (C=O) groups excluding carboxylic acids is 1. The summed E-state index contributed by atoms with van der Waals surface area (Å²) >= 11 is 5.72. The molecule has 0 spiro atoms. The number of benzene rings is 1. The van der Waals surface area contributed by atoms with Crippen LogP contribution in [0, 0.1) is 10.1 Å². The molecule has 0 aliphatic carbocycles. The van der Waals surface area contributed by atoms with E-state index in [0.29, 0.717) is 6.54 Å². The van der Waals surface area contributed by atoms with Crippen LogP contribution in [0.1, 0.15) is 31.1 Å². The minimum atomic E-state index is -1.08. The van der Waals surface area contributed by atoms with Crippen LogP contribution in [0.25, 0.3) is 0 Å². The van der Waals surface area contributed by atoms with Gasteiger partial charge in [-0.15, -0.1) is 0 Å². The van der Waals surface area contributed by atoms with Crippen molar-refractivity contribution in [3.8, 4) is 0 Å². The van der Waals surface area contributed by atoms with Crippen LogP contribution < -0.4 is 0 Å². The summed E-state index contributed by atoms with van der Waals surface area (Å²) in [6.45, 7) is 5.30. The standard InChI is InChI=1S/C13H17ClN2O4/c1-4-15(8-13(2,3)18)12(17)10-6-5-9(14)7-11(10)16(19)20/h5-7,18H,4,8H2,1-3H3. The first-order valence-corrected chi connectivity index (χ1v) is 6.49. The first-order chi connectivity index (χ1) is 9.15. The number of halogens is 1. The van der Waals surface area contributed by atoms with E-state index in [1.165, 1.54) is 17.0 Å². The number of hydrogen-bond acceptors (Lipinski definition) is 4. The fraction of sp³-hybridized carbons (Fsp3) is 0.462. The molecule has 0 atom stereocenters. The predicted molar refractivity (Wildman–Crippen MR) is 76.0 cm³/mol. The van der Waals surface area contributed by atoms with Crippen LogP contribution in [-0.4, -0.2) is 39.5 Å². The van der Waals surface area contributed by atoms with Gasteiger partial charge in [-0.1, -0.05) is 11.6 Å². The summed E-state index contributed by atoms with van der Waals surface area (Å²) in [6, 6.07) is 3.91. The fourth-order valence-corrected chi connectivity index (χ4v) is 1.97. The van der Waals surface area contributed by atoms with Gasteiger partial charge in [-0.3, -0.25) is 14.9 Å². The van der Waals surface area contributed by atoms with Crippen LogP contribution in [0.15, 0.2) is 18.2 Å². The summed E-state index contributed by atoms with van der Waals surface area (Å²) in [7, 11) is 0. The highest BCUT2D eigenvalue weighted by atomic mass is 35.5. The molecule has 1 N–H and O–H groups in total. The Labute approximate surface area is 122 Å². The maximum absolute atomic E-state index is 12.4. The van der Waals surface area contributed by atoms with E-state index in [1.807, 2.05) is 0 Å². The number of amides is 1. The molecule has 0 fully saturated rings. The van der Waals surface area contributed by atoms with E-state index in [9.17, 15) is 20.0 Å². The zero-order valence-corrected chi connectivity index (χ0v) is 12.3. The molecular weight excluding hydrogens is 284 g/mol. The highest BCUT2D eigenvalue weighted by Gasteiger charge is 2.27. The number of rotatable bonds is 5. The van der Waals surface area contributed by atoms with Crippen molar-refractivity contribution in [1.29, 1.82) is 0 Å². The van der Waals surface area contributed by atoms with Gasteiger partial charge in [0.1, 0.15) is 5.56 Å². The molecule has 0 aromatic heterocycles. The second-order valence-corrected chi connectivity index (χ2v) is 5.49. The van der Waals surface area contributed by atoms with Crippen molar-refractivity contribution in [3.63, 3.8) is 0 Å². The van der Waals surface area contributed by atoms with Gasteiger partial charge in [-0.05, 0) is 32.9 Å². The van der Waals surface area contributed by atoms with Crippen molar-refractivity contribution in [3.05, 3.63) is 38.9 Å². The number of nitro benzene ring substituents is 1. The van der Waals surface area contributed by atoms with Gasteiger partial charge in [0.2, 0.25) is 0 Å². The van der Waals surface area contributed by atoms with Gasteiger partial charge in [0, 0.05) is 24.2 Å². The average Bonchev–Trinajstić information content (AvgIpc) is 2.33. The Balaban J connectivity index is 3.16. The molecule has 6 nitrogen and oxygen atoms in total. The van der Waals surface area contributed by atoms with Crippen LogP contribution in [0.2, 0.25) is 5.02 Å². The molecule has 0 aliphatic heterocycles. The number of nitrogens with zero attached hydrogens (tertiary/aromatic N) is 2. The largest absolute Gasteiger partial charge is 0.389 e. The Hall–Kier alpha value is -1.66. The lowest BCUT2D eigenvalue weighted by atomic mass is 10.1. The van der Waals surface area contributed by atoms with Crippen LogP contribution >= 0.6 is 11.6 Å². The summed E-state index contributed by atoms with van der Waals surface area (Å²) in [5.41, 5.74) is -1.45. The van der Waals surface area contributed by atoms with Crippen molar-refractivity contribution < 1.29 is 14.8 Å². The molecule has 0 saturated heterocycles. The lowest BCUT2D eigenvalue weighted by Gasteiger charge is -2.28. The summed E-state index contributed by atoms with van der Waals surface area (Å²) in [5, 5.41) is 21.0. The van der Waals surface area contributed by atoms with E-state index in [-0.39, 0.29) is 22.8 Å². The molecule has 7 heteroatoms. The van der Waals surface area contributed by atoms with Gasteiger partial charge >= 0.3 is 0 Å². The second kappa shape index (κ2) is 6.19. The number of aliphatic hydroxyl groups is 1. The van der Waals surface area contributed by atoms with Crippen LogP contribution in [-0.2, 0) is 0 Å². The quantitative estimate of drug-likeness (QED) is 0.669. The van der Waals surface area contributed by atoms with Gasteiger partial charge in [-0.2, -0.15) is 0 Å². The Morgan fingerprint density at radius 1 is 1.50 bits per heavy atom. The molecule has 1 aromatic carbocycles. The zero-order valence-electron chi connectivity index (χ0n) is 11.6. The van der Waals surface area contributed by atoms with E-state index in [1.54, 1.807) is 20.8 Å². The molecule has 0 heterocycles. The third kappa shape index (κ3) is 4.18. The van der Waals surface area contributed by atoms with Gasteiger partial charge in [0.15, 0.2) is 0 Å². The molecule has 1 aromatic rings. The predicted octanol–water partition coefficient (Wildman–Crippen LogP) is 2.48. The molecule has 110 valence electrons. The summed E-state index contributed by atoms with van der Waals surface area (Å²) in [5.74, 6) is -0.502. The summed E-state index contributed by atoms with van der Waals surface area (Å²) < 4.78 is 0. The number of likely N-dealkylation sites (N-methyl/N-ethyl adjacent to an activating group) is 1. The Kier molecular flexibility index (Phi) is 5.08. The third-order valence-electron chi connectivity index (χ3n) is 2.63. The Morgan fingerprint density at radius 3 is 2.55 bits per heavy atom. The van der Waals surface area contributed by atoms with Crippen molar-refractivity contribution in [2.45, 2.75) is 26.4 Å². The molecule has 1 rings (SSSR count). The maximum Gasteiger partial charge on any atom is 0.283 e. The molecule has 0 unspecified atom stereocenters. The monoisotopic (exact) mass is 300 g/mol. The van der Waals surface area contributed by atoms with Gasteiger partial charge in [0.05, 0.1) is 10.5 Å². The minimum absolute atomic E-state index is 0.0366. The number of nitro groups is 1. The van der Waals surface area contributed by atoms with Gasteiger partial charge in [0.25, 0.3) is 11.6 Å². The fourth-order valence-electron chi connectivity index (χ4n) is 1.80.